The van der Waals surface area contributed by atoms with E-state index >= 15 is 0 Å². The number of halogens is 1. The molecule has 1 aromatic rings. The summed E-state index contributed by atoms with van der Waals surface area (Å²) in [6.07, 6.45) is 4.02. The minimum atomic E-state index is -0.124. The first kappa shape index (κ1) is 19.7. The van der Waals surface area contributed by atoms with Crippen molar-refractivity contribution in [1.29, 1.82) is 0 Å². The number of aryl methyl sites for hydroxylation is 1. The molecule has 1 heterocycles. The molecule has 2 amide bonds. The van der Waals surface area contributed by atoms with Gasteiger partial charge in [-0.1, -0.05) is 17.7 Å². The monoisotopic (exact) mass is 365 g/mol. The molecule has 138 valence electrons. The van der Waals surface area contributed by atoms with Crippen LogP contribution >= 0.6 is 12.4 Å². The molecule has 0 spiro atoms. The molecule has 1 aromatic carbocycles. The first-order valence-electron chi connectivity index (χ1n) is 8.95. The van der Waals surface area contributed by atoms with Gasteiger partial charge in [-0.2, -0.15) is 0 Å². The van der Waals surface area contributed by atoms with Crippen LogP contribution in [0.15, 0.2) is 24.3 Å². The summed E-state index contributed by atoms with van der Waals surface area (Å²) < 4.78 is 0. The number of hydrogen-bond donors (Lipinski definition) is 2. The van der Waals surface area contributed by atoms with Gasteiger partial charge in [0.1, 0.15) is 0 Å². The Morgan fingerprint density at radius 2 is 1.92 bits per heavy atom. The van der Waals surface area contributed by atoms with Crippen molar-refractivity contribution in [2.24, 2.45) is 17.6 Å². The molecule has 2 atom stereocenters. The molecular weight excluding hydrogens is 338 g/mol. The summed E-state index contributed by atoms with van der Waals surface area (Å²) in [7, 11) is 0. The van der Waals surface area contributed by atoms with Gasteiger partial charge in [-0.25, -0.2) is 0 Å². The van der Waals surface area contributed by atoms with Crippen molar-refractivity contribution in [3.8, 4) is 0 Å². The average molecular weight is 366 g/mol. The van der Waals surface area contributed by atoms with Gasteiger partial charge in [-0.05, 0) is 50.7 Å². The Bertz CT molecular complexity index is 601. The summed E-state index contributed by atoms with van der Waals surface area (Å²) in [6.45, 7) is 3.72. The van der Waals surface area contributed by atoms with Crippen LogP contribution in [0.25, 0.3) is 0 Å². The molecule has 1 aliphatic heterocycles. The maximum atomic E-state index is 12.7. The third-order valence-electron chi connectivity index (χ3n) is 5.15. The van der Waals surface area contributed by atoms with E-state index in [-0.39, 0.29) is 36.2 Å². The van der Waals surface area contributed by atoms with Crippen molar-refractivity contribution in [2.75, 3.05) is 19.6 Å². The number of nitrogens with zero attached hydrogens (tertiary/aromatic N) is 1. The van der Waals surface area contributed by atoms with Crippen LogP contribution < -0.4 is 11.1 Å². The molecule has 2 unspecified atom stereocenters. The lowest BCUT2D eigenvalue weighted by Gasteiger charge is -2.33. The second-order valence-electron chi connectivity index (χ2n) is 7.14. The summed E-state index contributed by atoms with van der Waals surface area (Å²) in [5, 5.41) is 3.10. The lowest BCUT2D eigenvalue weighted by molar-refractivity contribution is -0.127. The highest BCUT2D eigenvalue weighted by atomic mass is 35.5. The number of nitrogens with two attached hydrogens (primary N) is 1. The van der Waals surface area contributed by atoms with E-state index in [1.165, 1.54) is 0 Å². The summed E-state index contributed by atoms with van der Waals surface area (Å²) in [6, 6.07) is 7.71. The van der Waals surface area contributed by atoms with E-state index in [1.54, 1.807) is 0 Å². The molecule has 0 radical (unpaired) electrons. The molecular formula is C19H28ClN3O2. The standard InChI is InChI=1S/C19H27N3O2.ClH/c1-13-4-6-15(7-5-13)19(24)22-10-2-3-16(12-22)18(23)21-17(11-20)14-8-9-14;/h4-7,14,16-17H,2-3,8-12,20H2,1H3,(H,21,23);1H. The van der Waals surface area contributed by atoms with Gasteiger partial charge in [0.05, 0.1) is 5.92 Å². The number of benzene rings is 1. The fourth-order valence-electron chi connectivity index (χ4n) is 3.42. The van der Waals surface area contributed by atoms with Crippen LogP contribution in [-0.4, -0.2) is 42.4 Å². The number of amides is 2. The van der Waals surface area contributed by atoms with Crippen LogP contribution in [0.3, 0.4) is 0 Å². The minimum absolute atomic E-state index is 0. The molecule has 1 aliphatic carbocycles. The molecule has 5 nitrogen and oxygen atoms in total. The van der Waals surface area contributed by atoms with Crippen molar-refractivity contribution in [3.05, 3.63) is 35.4 Å². The fourth-order valence-corrected chi connectivity index (χ4v) is 3.42. The quantitative estimate of drug-likeness (QED) is 0.839. The second kappa shape index (κ2) is 8.68. The summed E-state index contributed by atoms with van der Waals surface area (Å²) in [4.78, 5) is 27.0. The van der Waals surface area contributed by atoms with E-state index < -0.39 is 0 Å². The minimum Gasteiger partial charge on any atom is -0.352 e. The second-order valence-corrected chi connectivity index (χ2v) is 7.14. The molecule has 2 aliphatic rings. The maximum absolute atomic E-state index is 12.7. The molecule has 6 heteroatoms. The van der Waals surface area contributed by atoms with Crippen LogP contribution in [0.1, 0.15) is 41.6 Å². The topological polar surface area (TPSA) is 75.4 Å². The zero-order chi connectivity index (χ0) is 17.1. The molecule has 0 aromatic heterocycles. The van der Waals surface area contributed by atoms with E-state index in [2.05, 4.69) is 5.32 Å². The number of rotatable bonds is 5. The normalized spacial score (nSPS) is 21.2. The van der Waals surface area contributed by atoms with Crippen molar-refractivity contribution < 1.29 is 9.59 Å². The van der Waals surface area contributed by atoms with Gasteiger partial charge < -0.3 is 16.0 Å². The molecule has 0 bridgehead atoms. The van der Waals surface area contributed by atoms with Crippen molar-refractivity contribution in [1.82, 2.24) is 10.2 Å². The van der Waals surface area contributed by atoms with Gasteiger partial charge in [0.15, 0.2) is 0 Å². The number of hydrogen-bond acceptors (Lipinski definition) is 3. The Hall–Kier alpha value is -1.59. The number of nitrogens with one attached hydrogen (secondary N) is 1. The average Bonchev–Trinajstić information content (AvgIpc) is 3.44. The van der Waals surface area contributed by atoms with Crippen LogP contribution in [-0.2, 0) is 4.79 Å². The first-order chi connectivity index (χ1) is 11.6. The van der Waals surface area contributed by atoms with Crippen LogP contribution in [0, 0.1) is 18.8 Å². The number of carbonyl (C=O) groups excluding carboxylic acids is 2. The predicted molar refractivity (Wildman–Crippen MR) is 101 cm³/mol. The molecule has 2 fully saturated rings. The summed E-state index contributed by atoms with van der Waals surface area (Å²) in [5.41, 5.74) is 7.60. The maximum Gasteiger partial charge on any atom is 0.253 e. The van der Waals surface area contributed by atoms with Gasteiger partial charge in [-0.15, -0.1) is 12.4 Å². The Labute approximate surface area is 155 Å². The van der Waals surface area contributed by atoms with Crippen molar-refractivity contribution in [3.63, 3.8) is 0 Å². The summed E-state index contributed by atoms with van der Waals surface area (Å²) in [5.74, 6) is 0.498. The molecule has 3 N–H and O–H groups in total. The van der Waals surface area contributed by atoms with E-state index in [1.807, 2.05) is 36.1 Å². The Morgan fingerprint density at radius 3 is 2.52 bits per heavy atom. The number of carbonyl (C=O) groups is 2. The zero-order valence-corrected chi connectivity index (χ0v) is 15.6. The predicted octanol–water partition coefficient (Wildman–Crippen LogP) is 2.12. The highest BCUT2D eigenvalue weighted by Crippen LogP contribution is 2.32. The van der Waals surface area contributed by atoms with E-state index in [4.69, 9.17) is 5.73 Å². The van der Waals surface area contributed by atoms with Crippen LogP contribution in [0.5, 0.6) is 0 Å². The number of piperidine rings is 1. The molecule has 1 saturated carbocycles. The number of likely N-dealkylation sites (tertiary alicyclic amines) is 1. The molecule has 3 rings (SSSR count). The third kappa shape index (κ3) is 4.95. The van der Waals surface area contributed by atoms with Gasteiger partial charge in [0.2, 0.25) is 5.91 Å². The lowest BCUT2D eigenvalue weighted by Crippen LogP contribution is -2.49. The van der Waals surface area contributed by atoms with Gasteiger partial charge in [0, 0.05) is 31.2 Å². The van der Waals surface area contributed by atoms with Crippen LogP contribution in [0.4, 0.5) is 0 Å². The Balaban J connectivity index is 0.00000225. The van der Waals surface area contributed by atoms with Crippen molar-refractivity contribution >= 4 is 24.2 Å². The lowest BCUT2D eigenvalue weighted by atomic mass is 9.95. The SMILES string of the molecule is Cc1ccc(C(=O)N2CCCC(C(=O)NC(CN)C3CC3)C2)cc1.Cl. The van der Waals surface area contributed by atoms with Gasteiger partial charge >= 0.3 is 0 Å². The van der Waals surface area contributed by atoms with Gasteiger partial charge in [-0.3, -0.25) is 9.59 Å². The third-order valence-corrected chi connectivity index (χ3v) is 5.15. The fraction of sp³-hybridized carbons (Fsp3) is 0.579. The molecule has 1 saturated heterocycles. The Morgan fingerprint density at radius 1 is 1.24 bits per heavy atom. The largest absolute Gasteiger partial charge is 0.352 e. The van der Waals surface area contributed by atoms with Crippen LogP contribution in [0.2, 0.25) is 0 Å². The molecule has 25 heavy (non-hydrogen) atoms. The van der Waals surface area contributed by atoms with E-state index in [0.717, 1.165) is 37.8 Å². The van der Waals surface area contributed by atoms with E-state index in [9.17, 15) is 9.59 Å². The summed E-state index contributed by atoms with van der Waals surface area (Å²) >= 11 is 0. The van der Waals surface area contributed by atoms with Gasteiger partial charge in [0.25, 0.3) is 5.91 Å². The smallest absolute Gasteiger partial charge is 0.253 e. The van der Waals surface area contributed by atoms with E-state index in [0.29, 0.717) is 24.6 Å². The van der Waals surface area contributed by atoms with Crippen molar-refractivity contribution in [2.45, 2.75) is 38.6 Å². The zero-order valence-electron chi connectivity index (χ0n) is 14.7. The first-order valence-corrected chi connectivity index (χ1v) is 8.95. The highest BCUT2D eigenvalue weighted by molar-refractivity contribution is 5.94. The highest BCUT2D eigenvalue weighted by Gasteiger charge is 2.34. The Kier molecular flexibility index (Phi) is 6.85.